The van der Waals surface area contributed by atoms with Crippen molar-refractivity contribution in [3.8, 4) is 6.07 Å². The van der Waals surface area contributed by atoms with E-state index in [0.717, 1.165) is 17.8 Å². The Morgan fingerprint density at radius 3 is 2.90 bits per heavy atom. The lowest BCUT2D eigenvalue weighted by molar-refractivity contribution is 0.259. The molecular formula is C17H21FN2. The third-order valence-electron chi connectivity index (χ3n) is 5.22. The van der Waals surface area contributed by atoms with Gasteiger partial charge in [-0.25, -0.2) is 4.39 Å². The van der Waals surface area contributed by atoms with Gasteiger partial charge in [0.1, 0.15) is 5.82 Å². The van der Waals surface area contributed by atoms with Crippen molar-refractivity contribution in [1.82, 2.24) is 5.32 Å². The highest BCUT2D eigenvalue weighted by Gasteiger charge is 2.41. The fraction of sp³-hybridized carbons (Fsp3) is 0.588. The first kappa shape index (κ1) is 13.6. The molecule has 4 unspecified atom stereocenters. The van der Waals surface area contributed by atoms with Crippen LogP contribution in [-0.2, 0) is 6.54 Å². The topological polar surface area (TPSA) is 35.8 Å². The highest BCUT2D eigenvalue weighted by atomic mass is 19.1. The summed E-state index contributed by atoms with van der Waals surface area (Å²) >= 11 is 0. The van der Waals surface area contributed by atoms with E-state index in [1.165, 1.54) is 37.8 Å². The van der Waals surface area contributed by atoms with Gasteiger partial charge in [-0.2, -0.15) is 5.26 Å². The minimum absolute atomic E-state index is 0.225. The van der Waals surface area contributed by atoms with Gasteiger partial charge in [0.25, 0.3) is 0 Å². The molecule has 0 aromatic heterocycles. The molecule has 1 aromatic carbocycles. The second-order valence-corrected chi connectivity index (χ2v) is 6.43. The van der Waals surface area contributed by atoms with E-state index < -0.39 is 0 Å². The number of rotatable bonds is 4. The minimum atomic E-state index is -0.225. The summed E-state index contributed by atoms with van der Waals surface area (Å²) in [6, 6.07) is 7.05. The van der Waals surface area contributed by atoms with Gasteiger partial charge >= 0.3 is 0 Å². The molecule has 2 aliphatic carbocycles. The molecule has 1 aromatic rings. The molecule has 3 heteroatoms. The Balaban J connectivity index is 1.60. The normalized spacial score (nSPS) is 29.4. The average molecular weight is 272 g/mol. The van der Waals surface area contributed by atoms with Gasteiger partial charge in [0.05, 0.1) is 11.6 Å². The van der Waals surface area contributed by atoms with Crippen LogP contribution in [0.2, 0.25) is 0 Å². The highest BCUT2D eigenvalue weighted by Crippen LogP contribution is 2.49. The minimum Gasteiger partial charge on any atom is -0.310 e. The van der Waals surface area contributed by atoms with Gasteiger partial charge in [-0.05, 0) is 62.1 Å². The van der Waals surface area contributed by atoms with Crippen molar-refractivity contribution in [3.63, 3.8) is 0 Å². The largest absolute Gasteiger partial charge is 0.310 e. The smallest absolute Gasteiger partial charge is 0.127 e. The van der Waals surface area contributed by atoms with Crippen LogP contribution in [0, 0.1) is 34.9 Å². The van der Waals surface area contributed by atoms with Crippen molar-refractivity contribution in [2.45, 2.75) is 45.2 Å². The van der Waals surface area contributed by atoms with E-state index in [0.29, 0.717) is 23.7 Å². The lowest BCUT2D eigenvalue weighted by Gasteiger charge is -2.28. The molecule has 0 amide bonds. The lowest BCUT2D eigenvalue weighted by Crippen LogP contribution is -2.36. The predicted octanol–water partition coefficient (Wildman–Crippen LogP) is 3.61. The van der Waals surface area contributed by atoms with Crippen molar-refractivity contribution in [2.75, 3.05) is 0 Å². The summed E-state index contributed by atoms with van der Waals surface area (Å²) in [5.74, 6) is 2.33. The first-order chi connectivity index (χ1) is 9.67. The molecule has 0 saturated heterocycles. The summed E-state index contributed by atoms with van der Waals surface area (Å²) in [6.07, 6.45) is 5.51. The zero-order valence-electron chi connectivity index (χ0n) is 11.9. The van der Waals surface area contributed by atoms with Crippen LogP contribution in [0.5, 0.6) is 0 Å². The SMILES string of the molecule is CC(NCc1cc(C#N)ccc1F)C1CC2CCC1C2. The fourth-order valence-electron chi connectivity index (χ4n) is 4.11. The Morgan fingerprint density at radius 2 is 2.25 bits per heavy atom. The number of hydrogen-bond acceptors (Lipinski definition) is 2. The Morgan fingerprint density at radius 1 is 1.40 bits per heavy atom. The third kappa shape index (κ3) is 2.58. The third-order valence-corrected chi connectivity index (χ3v) is 5.22. The Kier molecular flexibility index (Phi) is 3.76. The molecule has 2 aliphatic rings. The van der Waals surface area contributed by atoms with E-state index in [4.69, 9.17) is 5.26 Å². The van der Waals surface area contributed by atoms with Gasteiger partial charge in [-0.15, -0.1) is 0 Å². The van der Waals surface area contributed by atoms with Crippen molar-refractivity contribution in [1.29, 1.82) is 5.26 Å². The molecule has 0 heterocycles. The van der Waals surface area contributed by atoms with Gasteiger partial charge < -0.3 is 5.32 Å². The predicted molar refractivity (Wildman–Crippen MR) is 76.4 cm³/mol. The number of hydrogen-bond donors (Lipinski definition) is 1. The summed E-state index contributed by atoms with van der Waals surface area (Å²) < 4.78 is 13.7. The van der Waals surface area contributed by atoms with E-state index >= 15 is 0 Å². The van der Waals surface area contributed by atoms with Crippen LogP contribution >= 0.6 is 0 Å². The van der Waals surface area contributed by atoms with E-state index in [1.54, 1.807) is 6.07 Å². The zero-order chi connectivity index (χ0) is 14.1. The van der Waals surface area contributed by atoms with E-state index in [1.807, 2.05) is 0 Å². The van der Waals surface area contributed by atoms with Crippen LogP contribution in [0.15, 0.2) is 18.2 Å². The molecule has 4 atom stereocenters. The number of nitrogens with one attached hydrogen (secondary N) is 1. The Hall–Kier alpha value is -1.40. The molecule has 2 fully saturated rings. The quantitative estimate of drug-likeness (QED) is 0.908. The van der Waals surface area contributed by atoms with Gasteiger partial charge in [0, 0.05) is 18.2 Å². The molecule has 2 nitrogen and oxygen atoms in total. The van der Waals surface area contributed by atoms with Crippen LogP contribution < -0.4 is 5.32 Å². The number of nitriles is 1. The molecule has 20 heavy (non-hydrogen) atoms. The van der Waals surface area contributed by atoms with Gasteiger partial charge in [-0.3, -0.25) is 0 Å². The number of halogens is 1. The molecule has 1 N–H and O–H groups in total. The van der Waals surface area contributed by atoms with Crippen LogP contribution in [0.1, 0.15) is 43.7 Å². The number of nitrogens with zero attached hydrogens (tertiary/aromatic N) is 1. The molecule has 2 bridgehead atoms. The summed E-state index contributed by atoms with van der Waals surface area (Å²) in [4.78, 5) is 0. The van der Waals surface area contributed by atoms with Gasteiger partial charge in [-0.1, -0.05) is 6.42 Å². The summed E-state index contributed by atoms with van der Waals surface area (Å²) in [5, 5.41) is 12.4. The standard InChI is InChI=1S/C17H21FN2/c1-11(16-8-12-2-4-14(16)6-12)20-10-15-7-13(9-19)3-5-17(15)18/h3,5,7,11-12,14,16,20H,2,4,6,8,10H2,1H3. The first-order valence-electron chi connectivity index (χ1n) is 7.59. The van der Waals surface area contributed by atoms with Crippen LogP contribution in [0.25, 0.3) is 0 Å². The second kappa shape index (κ2) is 5.54. The van der Waals surface area contributed by atoms with Gasteiger partial charge in [0.15, 0.2) is 0 Å². The van der Waals surface area contributed by atoms with Crippen LogP contribution in [-0.4, -0.2) is 6.04 Å². The first-order valence-corrected chi connectivity index (χ1v) is 7.59. The maximum absolute atomic E-state index is 13.7. The number of fused-ring (bicyclic) bond motifs is 2. The molecule has 0 aliphatic heterocycles. The maximum Gasteiger partial charge on any atom is 0.127 e. The summed E-state index contributed by atoms with van der Waals surface area (Å²) in [7, 11) is 0. The molecule has 106 valence electrons. The van der Waals surface area contributed by atoms with Crippen molar-refractivity contribution >= 4 is 0 Å². The zero-order valence-corrected chi connectivity index (χ0v) is 11.9. The summed E-state index contributed by atoms with van der Waals surface area (Å²) in [6.45, 7) is 2.73. The maximum atomic E-state index is 13.7. The molecule has 3 rings (SSSR count). The van der Waals surface area contributed by atoms with E-state index in [9.17, 15) is 4.39 Å². The Bertz CT molecular complexity index is 534. The molecule has 0 spiro atoms. The summed E-state index contributed by atoms with van der Waals surface area (Å²) in [5.41, 5.74) is 1.12. The lowest BCUT2D eigenvalue weighted by atomic mass is 9.84. The van der Waals surface area contributed by atoms with Gasteiger partial charge in [0.2, 0.25) is 0 Å². The fourth-order valence-corrected chi connectivity index (χ4v) is 4.11. The average Bonchev–Trinajstić information content (AvgIpc) is 3.08. The monoisotopic (exact) mass is 272 g/mol. The van der Waals surface area contributed by atoms with E-state index in [-0.39, 0.29) is 5.82 Å². The number of benzene rings is 1. The van der Waals surface area contributed by atoms with E-state index in [2.05, 4.69) is 18.3 Å². The Labute approximate surface area is 120 Å². The van der Waals surface area contributed by atoms with Crippen molar-refractivity contribution in [2.24, 2.45) is 17.8 Å². The van der Waals surface area contributed by atoms with Crippen LogP contribution in [0.4, 0.5) is 4.39 Å². The molecule has 0 radical (unpaired) electrons. The van der Waals surface area contributed by atoms with Crippen LogP contribution in [0.3, 0.4) is 0 Å². The molecular weight excluding hydrogens is 251 g/mol. The molecule has 2 saturated carbocycles. The highest BCUT2D eigenvalue weighted by molar-refractivity contribution is 5.33. The van der Waals surface area contributed by atoms with Crippen molar-refractivity contribution < 1.29 is 4.39 Å². The second-order valence-electron chi connectivity index (χ2n) is 6.43. The van der Waals surface area contributed by atoms with Crippen molar-refractivity contribution in [3.05, 3.63) is 35.1 Å².